The Kier molecular flexibility index (Phi) is 2.48. The van der Waals surface area contributed by atoms with Crippen molar-refractivity contribution in [2.24, 2.45) is 0 Å². The molecule has 3 aromatic rings. The van der Waals surface area contributed by atoms with E-state index in [-0.39, 0.29) is 0 Å². The Morgan fingerprint density at radius 2 is 1.25 bits per heavy atom. The van der Waals surface area contributed by atoms with Crippen molar-refractivity contribution in [1.29, 1.82) is 0 Å². The summed E-state index contributed by atoms with van der Waals surface area (Å²) in [5, 5.41) is 10.5. The number of hydrogen-bond acceptors (Lipinski definition) is 1. The fourth-order valence-electron chi connectivity index (χ4n) is 3.09. The van der Waals surface area contributed by atoms with Crippen LogP contribution < -0.4 is 0 Å². The number of benzene rings is 3. The van der Waals surface area contributed by atoms with Gasteiger partial charge in [-0.15, -0.1) is 0 Å². The van der Waals surface area contributed by atoms with Gasteiger partial charge in [-0.3, -0.25) is 0 Å². The second-order valence-corrected chi connectivity index (χ2v) is 5.13. The van der Waals surface area contributed by atoms with Crippen LogP contribution in [0.3, 0.4) is 0 Å². The highest BCUT2D eigenvalue weighted by molar-refractivity contribution is 5.90. The molecule has 1 nitrogen and oxygen atoms in total. The second-order valence-electron chi connectivity index (χ2n) is 5.13. The average Bonchev–Trinajstić information content (AvgIpc) is 2.82. The van der Waals surface area contributed by atoms with E-state index >= 15 is 0 Å². The Bertz CT molecular complexity index is 775. The SMILES string of the molecule is OC1c2ccccc2-c2c(-c3ccccc3)cccc21. The van der Waals surface area contributed by atoms with Gasteiger partial charge in [0.1, 0.15) is 6.10 Å². The van der Waals surface area contributed by atoms with Gasteiger partial charge in [0.15, 0.2) is 0 Å². The smallest absolute Gasteiger partial charge is 0.105 e. The molecule has 1 heteroatoms. The molecule has 4 rings (SSSR count). The molecule has 0 fully saturated rings. The molecule has 0 aromatic heterocycles. The van der Waals surface area contributed by atoms with Gasteiger partial charge in [0.2, 0.25) is 0 Å². The minimum absolute atomic E-state index is 0.509. The zero-order valence-electron chi connectivity index (χ0n) is 11.0. The highest BCUT2D eigenvalue weighted by Crippen LogP contribution is 2.47. The Morgan fingerprint density at radius 1 is 0.600 bits per heavy atom. The van der Waals surface area contributed by atoms with Crippen molar-refractivity contribution in [2.75, 3.05) is 0 Å². The average molecular weight is 258 g/mol. The molecule has 1 aliphatic carbocycles. The van der Waals surface area contributed by atoms with Crippen LogP contribution in [0.5, 0.6) is 0 Å². The maximum absolute atomic E-state index is 10.5. The number of hydrogen-bond donors (Lipinski definition) is 1. The van der Waals surface area contributed by atoms with E-state index in [2.05, 4.69) is 24.3 Å². The summed E-state index contributed by atoms with van der Waals surface area (Å²) in [7, 11) is 0. The number of aliphatic hydroxyl groups is 1. The normalized spacial score (nSPS) is 15.8. The van der Waals surface area contributed by atoms with Gasteiger partial charge >= 0.3 is 0 Å². The third-order valence-corrected chi connectivity index (χ3v) is 4.00. The van der Waals surface area contributed by atoms with Gasteiger partial charge < -0.3 is 5.11 Å². The van der Waals surface area contributed by atoms with E-state index in [1.165, 1.54) is 16.7 Å². The lowest BCUT2D eigenvalue weighted by Gasteiger charge is -2.10. The second kappa shape index (κ2) is 4.32. The lowest BCUT2D eigenvalue weighted by Crippen LogP contribution is -1.93. The molecule has 0 amide bonds. The van der Waals surface area contributed by atoms with Crippen molar-refractivity contribution in [3.63, 3.8) is 0 Å². The summed E-state index contributed by atoms with van der Waals surface area (Å²) in [5.74, 6) is 0. The highest BCUT2D eigenvalue weighted by Gasteiger charge is 2.28. The highest BCUT2D eigenvalue weighted by atomic mass is 16.3. The van der Waals surface area contributed by atoms with Crippen LogP contribution in [0.25, 0.3) is 22.3 Å². The van der Waals surface area contributed by atoms with Crippen LogP contribution in [-0.4, -0.2) is 5.11 Å². The predicted octanol–water partition coefficient (Wildman–Crippen LogP) is 4.42. The van der Waals surface area contributed by atoms with E-state index in [0.29, 0.717) is 0 Å². The van der Waals surface area contributed by atoms with Crippen molar-refractivity contribution in [3.8, 4) is 22.3 Å². The van der Waals surface area contributed by atoms with E-state index in [4.69, 9.17) is 0 Å². The summed E-state index contributed by atoms with van der Waals surface area (Å²) in [6, 6.07) is 24.6. The van der Waals surface area contributed by atoms with E-state index in [1.54, 1.807) is 0 Å². The maximum Gasteiger partial charge on any atom is 0.105 e. The van der Waals surface area contributed by atoms with Crippen molar-refractivity contribution in [2.45, 2.75) is 6.10 Å². The van der Waals surface area contributed by atoms with Gasteiger partial charge in [0.25, 0.3) is 0 Å². The summed E-state index contributed by atoms with van der Waals surface area (Å²) >= 11 is 0. The van der Waals surface area contributed by atoms with E-state index in [1.807, 2.05) is 48.5 Å². The quantitative estimate of drug-likeness (QED) is 0.685. The maximum atomic E-state index is 10.5. The molecule has 0 saturated heterocycles. The van der Waals surface area contributed by atoms with Gasteiger partial charge in [0.05, 0.1) is 0 Å². The molecule has 3 aromatic carbocycles. The van der Waals surface area contributed by atoms with Crippen LogP contribution in [0.15, 0.2) is 72.8 Å². The standard InChI is InChI=1S/C19H14O/c20-19-16-10-5-4-9-15(16)18-14(11-6-12-17(18)19)13-7-2-1-3-8-13/h1-12,19-20H. The molecule has 0 saturated carbocycles. The van der Waals surface area contributed by atoms with Crippen LogP contribution in [0.1, 0.15) is 17.2 Å². The molecule has 96 valence electrons. The van der Waals surface area contributed by atoms with E-state index in [9.17, 15) is 5.11 Å². The van der Waals surface area contributed by atoms with Crippen LogP contribution in [0.4, 0.5) is 0 Å². The van der Waals surface area contributed by atoms with Gasteiger partial charge in [0, 0.05) is 0 Å². The van der Waals surface area contributed by atoms with Gasteiger partial charge in [-0.25, -0.2) is 0 Å². The summed E-state index contributed by atoms with van der Waals surface area (Å²) < 4.78 is 0. The number of aliphatic hydroxyl groups excluding tert-OH is 1. The summed E-state index contributed by atoms with van der Waals surface area (Å²) in [6.07, 6.45) is -0.509. The van der Waals surface area contributed by atoms with Gasteiger partial charge in [-0.1, -0.05) is 72.8 Å². The molecule has 0 bridgehead atoms. The number of fused-ring (bicyclic) bond motifs is 3. The molecular formula is C19H14O. The van der Waals surface area contributed by atoms with Crippen LogP contribution >= 0.6 is 0 Å². The monoisotopic (exact) mass is 258 g/mol. The fraction of sp³-hybridized carbons (Fsp3) is 0.0526. The molecule has 0 radical (unpaired) electrons. The van der Waals surface area contributed by atoms with Crippen molar-refractivity contribution in [1.82, 2.24) is 0 Å². The van der Waals surface area contributed by atoms with Crippen LogP contribution in [0, 0.1) is 0 Å². The molecule has 1 N–H and O–H groups in total. The van der Waals surface area contributed by atoms with Crippen molar-refractivity contribution >= 4 is 0 Å². The van der Waals surface area contributed by atoms with Crippen molar-refractivity contribution in [3.05, 3.63) is 83.9 Å². The Morgan fingerprint density at radius 3 is 2.10 bits per heavy atom. The third kappa shape index (κ3) is 1.54. The Balaban J connectivity index is 2.04. The molecule has 0 spiro atoms. The van der Waals surface area contributed by atoms with Crippen LogP contribution in [0.2, 0.25) is 0 Å². The molecule has 1 unspecified atom stereocenters. The van der Waals surface area contributed by atoms with E-state index < -0.39 is 6.10 Å². The predicted molar refractivity (Wildman–Crippen MR) is 81.4 cm³/mol. The Hall–Kier alpha value is -2.38. The molecule has 0 aliphatic heterocycles. The molecule has 0 heterocycles. The van der Waals surface area contributed by atoms with Gasteiger partial charge in [-0.2, -0.15) is 0 Å². The van der Waals surface area contributed by atoms with Crippen LogP contribution in [-0.2, 0) is 0 Å². The number of rotatable bonds is 1. The molecular weight excluding hydrogens is 244 g/mol. The van der Waals surface area contributed by atoms with E-state index in [0.717, 1.165) is 16.7 Å². The zero-order chi connectivity index (χ0) is 13.5. The lowest BCUT2D eigenvalue weighted by molar-refractivity contribution is 0.225. The first-order valence-electron chi connectivity index (χ1n) is 6.82. The third-order valence-electron chi connectivity index (χ3n) is 4.00. The molecule has 1 aliphatic rings. The fourth-order valence-corrected chi connectivity index (χ4v) is 3.09. The minimum Gasteiger partial charge on any atom is -0.384 e. The zero-order valence-corrected chi connectivity index (χ0v) is 11.0. The first-order chi connectivity index (χ1) is 9.86. The summed E-state index contributed by atoms with van der Waals surface area (Å²) in [4.78, 5) is 0. The Labute approximate surface area is 118 Å². The largest absolute Gasteiger partial charge is 0.384 e. The van der Waals surface area contributed by atoms with Gasteiger partial charge in [-0.05, 0) is 33.4 Å². The lowest BCUT2D eigenvalue weighted by atomic mass is 9.94. The summed E-state index contributed by atoms with van der Waals surface area (Å²) in [6.45, 7) is 0. The first-order valence-corrected chi connectivity index (χ1v) is 6.82. The first kappa shape index (κ1) is 11.4. The van der Waals surface area contributed by atoms with Crippen molar-refractivity contribution < 1.29 is 5.11 Å². The molecule has 1 atom stereocenters. The minimum atomic E-state index is -0.509. The topological polar surface area (TPSA) is 20.2 Å². The summed E-state index contributed by atoms with van der Waals surface area (Å²) in [5.41, 5.74) is 6.70. The molecule has 20 heavy (non-hydrogen) atoms.